The average molecular weight is 828 g/mol. The molecule has 16 heteroatoms. The molecule has 2 saturated heterocycles. The minimum atomic E-state index is -1.49. The van der Waals surface area contributed by atoms with Gasteiger partial charge in [0.25, 0.3) is 0 Å². The molecule has 0 aromatic carbocycles. The zero-order chi connectivity index (χ0) is 43.3. The second-order valence-electron chi connectivity index (χ2n) is 16.3. The first kappa shape index (κ1) is 49.6. The molecular weight excluding hydrogens is 758 g/mol. The summed E-state index contributed by atoms with van der Waals surface area (Å²) in [5.41, 5.74) is -1.49. The number of methoxy groups -OCH3 is 1. The minimum absolute atomic E-state index is 0.0101. The summed E-state index contributed by atoms with van der Waals surface area (Å²) in [7, 11) is 4.91. The summed E-state index contributed by atoms with van der Waals surface area (Å²) in [5, 5.41) is 34.6. The van der Waals surface area contributed by atoms with E-state index >= 15 is 0 Å². The molecule has 0 bridgehead atoms. The minimum Gasteiger partial charge on any atom is -0.462 e. The molecular formula is C42H69NO15. The van der Waals surface area contributed by atoms with Crippen LogP contribution in [-0.4, -0.2) is 151 Å². The SMILES string of the molecule is CCC(=O)O[C@@H]1CC(=O)O[C@H](C)C/C=C/C=C/[C@H](O)[C@H](C)C[C@H](CCC=O)[C@H](O[C@@H]2O[C@@H](C)[C@@H](O[C@@H]3C[C@@](C)(O)[C@@H](OC(=O)CC)[C@H](C)O3)[C@H](N(C)C)[C@@H]2O)[C@H]1OC. The van der Waals surface area contributed by atoms with Crippen molar-refractivity contribution in [2.75, 3.05) is 21.2 Å². The first-order valence-corrected chi connectivity index (χ1v) is 20.6. The Balaban J connectivity index is 2.03. The molecule has 3 rings (SSSR count). The molecule has 58 heavy (non-hydrogen) atoms. The van der Waals surface area contributed by atoms with E-state index in [0.717, 1.165) is 6.29 Å². The molecule has 16 nitrogen and oxygen atoms in total. The fourth-order valence-corrected chi connectivity index (χ4v) is 8.03. The van der Waals surface area contributed by atoms with E-state index < -0.39 is 109 Å². The van der Waals surface area contributed by atoms with Crippen molar-refractivity contribution in [2.24, 2.45) is 11.8 Å². The number of esters is 3. The number of nitrogens with zero attached hydrogens (tertiary/aromatic N) is 1. The maximum Gasteiger partial charge on any atom is 0.309 e. The number of hydrogen-bond acceptors (Lipinski definition) is 16. The van der Waals surface area contributed by atoms with Gasteiger partial charge in [-0.1, -0.05) is 45.1 Å². The molecule has 3 N–H and O–H groups in total. The number of rotatable bonds is 13. The average Bonchev–Trinajstić information content (AvgIpc) is 3.15. The Morgan fingerprint density at radius 2 is 1.64 bits per heavy atom. The van der Waals surface area contributed by atoms with Crippen molar-refractivity contribution in [3.63, 3.8) is 0 Å². The van der Waals surface area contributed by atoms with E-state index in [1.165, 1.54) is 7.11 Å². The fourth-order valence-electron chi connectivity index (χ4n) is 8.03. The zero-order valence-corrected chi connectivity index (χ0v) is 35.9. The normalized spacial score (nSPS) is 40.6. The molecule has 3 aliphatic rings. The van der Waals surface area contributed by atoms with Gasteiger partial charge in [0.1, 0.15) is 42.4 Å². The highest BCUT2D eigenvalue weighted by atomic mass is 16.7. The number of ether oxygens (including phenoxy) is 8. The van der Waals surface area contributed by atoms with Crippen molar-refractivity contribution in [1.82, 2.24) is 4.90 Å². The Hall–Kier alpha value is -2.80. The van der Waals surface area contributed by atoms with Crippen LogP contribution in [0, 0.1) is 11.8 Å². The highest BCUT2D eigenvalue weighted by Gasteiger charge is 2.53. The Bertz CT molecular complexity index is 1370. The van der Waals surface area contributed by atoms with Crippen LogP contribution in [0.5, 0.6) is 0 Å². The number of allylic oxidation sites excluding steroid dienone is 2. The van der Waals surface area contributed by atoms with Crippen LogP contribution in [0.3, 0.4) is 0 Å². The zero-order valence-electron chi connectivity index (χ0n) is 35.9. The third-order valence-corrected chi connectivity index (χ3v) is 11.1. The van der Waals surface area contributed by atoms with Crippen LogP contribution in [0.25, 0.3) is 0 Å². The third-order valence-electron chi connectivity index (χ3n) is 11.1. The van der Waals surface area contributed by atoms with Crippen LogP contribution in [-0.2, 0) is 57.1 Å². The summed E-state index contributed by atoms with van der Waals surface area (Å²) in [6.07, 6.45) is -3.12. The quantitative estimate of drug-likeness (QED) is 0.139. The summed E-state index contributed by atoms with van der Waals surface area (Å²) in [6.45, 7) is 11.9. The van der Waals surface area contributed by atoms with Crippen molar-refractivity contribution in [3.05, 3.63) is 24.3 Å². The highest BCUT2D eigenvalue weighted by Crippen LogP contribution is 2.38. The maximum atomic E-state index is 13.4. The fraction of sp³-hybridized carbons (Fsp3) is 0.810. The summed E-state index contributed by atoms with van der Waals surface area (Å²) >= 11 is 0. The van der Waals surface area contributed by atoms with Crippen LogP contribution in [0.1, 0.15) is 99.8 Å². The summed E-state index contributed by atoms with van der Waals surface area (Å²) in [5.74, 6) is -2.60. The first-order valence-electron chi connectivity index (χ1n) is 20.6. The van der Waals surface area contributed by atoms with E-state index in [1.807, 2.05) is 13.0 Å². The van der Waals surface area contributed by atoms with E-state index in [1.54, 1.807) is 78.8 Å². The predicted octanol–water partition coefficient (Wildman–Crippen LogP) is 3.16. The van der Waals surface area contributed by atoms with Crippen LogP contribution in [0.15, 0.2) is 24.3 Å². The number of cyclic esters (lactones) is 1. The Labute approximate surface area is 343 Å². The lowest BCUT2D eigenvalue weighted by atomic mass is 9.81. The van der Waals surface area contributed by atoms with Gasteiger partial charge in [0.2, 0.25) is 0 Å². The predicted molar refractivity (Wildman–Crippen MR) is 210 cm³/mol. The van der Waals surface area contributed by atoms with Gasteiger partial charge in [-0.25, -0.2) is 0 Å². The molecule has 2 fully saturated rings. The third kappa shape index (κ3) is 13.9. The molecule has 0 spiro atoms. The number of aliphatic hydroxyl groups is 3. The van der Waals surface area contributed by atoms with Crippen LogP contribution >= 0.6 is 0 Å². The van der Waals surface area contributed by atoms with E-state index in [2.05, 4.69) is 0 Å². The van der Waals surface area contributed by atoms with Gasteiger partial charge < -0.3 is 62.9 Å². The van der Waals surface area contributed by atoms with Crippen molar-refractivity contribution < 1.29 is 72.4 Å². The van der Waals surface area contributed by atoms with Gasteiger partial charge in [-0.15, -0.1) is 0 Å². The van der Waals surface area contributed by atoms with Gasteiger partial charge in [-0.05, 0) is 66.5 Å². The lowest BCUT2D eigenvalue weighted by Gasteiger charge is -2.50. The maximum absolute atomic E-state index is 13.4. The molecule has 0 aliphatic carbocycles. The molecule has 0 amide bonds. The molecule has 332 valence electrons. The topological polar surface area (TPSA) is 206 Å². The van der Waals surface area contributed by atoms with E-state index in [9.17, 15) is 34.5 Å². The molecule has 0 saturated carbocycles. The molecule has 3 aliphatic heterocycles. The Morgan fingerprint density at radius 3 is 2.24 bits per heavy atom. The van der Waals surface area contributed by atoms with Gasteiger partial charge >= 0.3 is 17.9 Å². The molecule has 0 radical (unpaired) electrons. The number of aliphatic hydroxyl groups excluding tert-OH is 2. The summed E-state index contributed by atoms with van der Waals surface area (Å²) in [4.78, 5) is 52.0. The molecule has 0 unspecified atom stereocenters. The largest absolute Gasteiger partial charge is 0.462 e. The first-order chi connectivity index (χ1) is 27.4. The monoisotopic (exact) mass is 827 g/mol. The van der Waals surface area contributed by atoms with Crippen LogP contribution < -0.4 is 0 Å². The second-order valence-corrected chi connectivity index (χ2v) is 16.3. The second kappa shape index (κ2) is 23.3. The number of hydrogen-bond donors (Lipinski definition) is 3. The van der Waals surface area contributed by atoms with E-state index in [-0.39, 0.29) is 44.4 Å². The van der Waals surface area contributed by atoms with Gasteiger partial charge in [-0.3, -0.25) is 14.4 Å². The van der Waals surface area contributed by atoms with Crippen molar-refractivity contribution in [2.45, 2.75) is 185 Å². The van der Waals surface area contributed by atoms with Gasteiger partial charge in [0.05, 0.1) is 36.9 Å². The van der Waals surface area contributed by atoms with E-state index in [0.29, 0.717) is 12.8 Å². The number of carbonyl (C=O) groups excluding carboxylic acids is 4. The van der Waals surface area contributed by atoms with Crippen molar-refractivity contribution in [1.29, 1.82) is 0 Å². The standard InChI is InChI=1S/C42H69NO15/c1-11-31(46)55-30-22-33(48)52-25(4)17-14-13-15-19-29(45)24(3)21-28(18-16-20-44)38(39(30)51-10)58-41-36(49)35(43(8)9)37(26(5)54-41)57-34-23-42(7,50)40(27(6)53-34)56-32(47)12-2/h13-15,19-20,24-30,34-41,45,49-50H,11-12,16-18,21-23H2,1-10H3/b14-13+,19-15+/t24-,25-,26+,27+,28+,29+,30-,34-,35-,36+,37-,38+,39+,40+,41+,42-/m1/s1. The van der Waals surface area contributed by atoms with Crippen molar-refractivity contribution in [3.8, 4) is 0 Å². The lowest BCUT2D eigenvalue weighted by Crippen LogP contribution is -2.66. The van der Waals surface area contributed by atoms with Crippen molar-refractivity contribution >= 4 is 24.2 Å². The van der Waals surface area contributed by atoms with Crippen LogP contribution in [0.4, 0.5) is 0 Å². The summed E-state index contributed by atoms with van der Waals surface area (Å²) < 4.78 is 48.8. The Kier molecular flexibility index (Phi) is 19.9. The highest BCUT2D eigenvalue weighted by molar-refractivity contribution is 5.72. The van der Waals surface area contributed by atoms with Gasteiger partial charge in [-0.2, -0.15) is 0 Å². The molecule has 3 heterocycles. The number of aldehydes is 1. The Morgan fingerprint density at radius 1 is 0.966 bits per heavy atom. The molecule has 16 atom stereocenters. The van der Waals surface area contributed by atoms with E-state index in [4.69, 9.17) is 37.9 Å². The number of likely N-dealkylation sites (N-methyl/N-ethyl adjacent to an activating group) is 1. The van der Waals surface area contributed by atoms with Crippen LogP contribution in [0.2, 0.25) is 0 Å². The molecule has 0 aromatic rings. The van der Waals surface area contributed by atoms with Gasteiger partial charge in [0, 0.05) is 39.2 Å². The summed E-state index contributed by atoms with van der Waals surface area (Å²) in [6, 6.07) is -0.766. The smallest absolute Gasteiger partial charge is 0.309 e. The van der Waals surface area contributed by atoms with Gasteiger partial charge in [0.15, 0.2) is 18.7 Å². The lowest BCUT2D eigenvalue weighted by molar-refractivity contribution is -0.344. The molecule has 0 aromatic heterocycles. The number of carbonyl (C=O) groups is 4.